The number of nitrogens with one attached hydrogen (secondary N) is 2. The van der Waals surface area contributed by atoms with Crippen molar-refractivity contribution in [3.05, 3.63) is 29.6 Å². The van der Waals surface area contributed by atoms with Crippen LogP contribution in [0.4, 0.5) is 10.1 Å². The van der Waals surface area contributed by atoms with Crippen LogP contribution in [0.15, 0.2) is 18.2 Å². The van der Waals surface area contributed by atoms with Crippen molar-refractivity contribution in [2.45, 2.75) is 18.9 Å². The molecule has 2 unspecified atom stereocenters. The SMILES string of the molecule is Fc1cccc2c1NC1CCNCC1C2. The number of para-hydroxylation sites is 1. The van der Waals surface area contributed by atoms with E-state index in [9.17, 15) is 4.39 Å². The highest BCUT2D eigenvalue weighted by Gasteiger charge is 2.30. The van der Waals surface area contributed by atoms with Gasteiger partial charge in [-0.3, -0.25) is 0 Å². The van der Waals surface area contributed by atoms with Crippen molar-refractivity contribution >= 4 is 5.69 Å². The largest absolute Gasteiger partial charge is 0.379 e. The maximum Gasteiger partial charge on any atom is 0.146 e. The van der Waals surface area contributed by atoms with Crippen molar-refractivity contribution in [3.63, 3.8) is 0 Å². The van der Waals surface area contributed by atoms with Gasteiger partial charge in [0.15, 0.2) is 0 Å². The van der Waals surface area contributed by atoms with Crippen molar-refractivity contribution in [1.82, 2.24) is 5.32 Å². The molecule has 1 saturated heterocycles. The second-order valence-electron chi connectivity index (χ2n) is 4.48. The van der Waals surface area contributed by atoms with Crippen LogP contribution in [0.3, 0.4) is 0 Å². The van der Waals surface area contributed by atoms with Gasteiger partial charge in [-0.15, -0.1) is 0 Å². The molecular weight excluding hydrogens is 191 g/mol. The first-order valence-electron chi connectivity index (χ1n) is 5.59. The first-order valence-corrected chi connectivity index (χ1v) is 5.59. The van der Waals surface area contributed by atoms with E-state index in [0.29, 0.717) is 12.0 Å². The van der Waals surface area contributed by atoms with Crippen LogP contribution in [-0.4, -0.2) is 19.1 Å². The van der Waals surface area contributed by atoms with Crippen LogP contribution in [-0.2, 0) is 6.42 Å². The fourth-order valence-electron chi connectivity index (χ4n) is 2.70. The molecule has 3 rings (SSSR count). The summed E-state index contributed by atoms with van der Waals surface area (Å²) in [6.45, 7) is 2.09. The summed E-state index contributed by atoms with van der Waals surface area (Å²) in [6.07, 6.45) is 2.09. The molecule has 15 heavy (non-hydrogen) atoms. The molecule has 2 aliphatic rings. The standard InChI is InChI=1S/C12H15FN2/c13-10-3-1-2-8-6-9-7-14-5-4-11(9)15-12(8)10/h1-3,9,11,14-15H,4-7H2. The number of fused-ring (bicyclic) bond motifs is 2. The Morgan fingerprint density at radius 1 is 1.33 bits per heavy atom. The lowest BCUT2D eigenvalue weighted by molar-refractivity contribution is 0.332. The molecule has 80 valence electrons. The highest BCUT2D eigenvalue weighted by atomic mass is 19.1. The summed E-state index contributed by atoms with van der Waals surface area (Å²) in [5.74, 6) is 0.512. The van der Waals surface area contributed by atoms with E-state index < -0.39 is 0 Å². The smallest absolute Gasteiger partial charge is 0.146 e. The van der Waals surface area contributed by atoms with Gasteiger partial charge < -0.3 is 10.6 Å². The van der Waals surface area contributed by atoms with Crippen LogP contribution in [0.2, 0.25) is 0 Å². The van der Waals surface area contributed by atoms with E-state index in [4.69, 9.17) is 0 Å². The Balaban J connectivity index is 1.95. The third-order valence-corrected chi connectivity index (χ3v) is 3.52. The molecule has 0 spiro atoms. The van der Waals surface area contributed by atoms with E-state index in [1.807, 2.05) is 6.07 Å². The molecule has 0 radical (unpaired) electrons. The predicted molar refractivity (Wildman–Crippen MR) is 58.5 cm³/mol. The average molecular weight is 206 g/mol. The Labute approximate surface area is 88.9 Å². The second-order valence-corrected chi connectivity index (χ2v) is 4.48. The average Bonchev–Trinajstić information content (AvgIpc) is 2.27. The second kappa shape index (κ2) is 3.49. The van der Waals surface area contributed by atoms with Crippen LogP contribution >= 0.6 is 0 Å². The Hall–Kier alpha value is -1.09. The number of piperidine rings is 1. The van der Waals surface area contributed by atoms with Gasteiger partial charge in [0.05, 0.1) is 5.69 Å². The highest BCUT2D eigenvalue weighted by molar-refractivity contribution is 5.55. The first-order chi connectivity index (χ1) is 7.34. The summed E-state index contributed by atoms with van der Waals surface area (Å²) >= 11 is 0. The van der Waals surface area contributed by atoms with E-state index >= 15 is 0 Å². The summed E-state index contributed by atoms with van der Waals surface area (Å²) in [5, 5.41) is 6.75. The van der Waals surface area contributed by atoms with Gasteiger partial charge in [-0.2, -0.15) is 0 Å². The quantitative estimate of drug-likeness (QED) is 0.676. The summed E-state index contributed by atoms with van der Waals surface area (Å²) in [7, 11) is 0. The van der Waals surface area contributed by atoms with E-state index in [1.54, 1.807) is 6.07 Å². The van der Waals surface area contributed by atoms with E-state index in [0.717, 1.165) is 37.2 Å². The molecule has 0 bridgehead atoms. The van der Waals surface area contributed by atoms with Crippen LogP contribution < -0.4 is 10.6 Å². The molecule has 0 amide bonds. The van der Waals surface area contributed by atoms with Crippen LogP contribution in [0.25, 0.3) is 0 Å². The Kier molecular flexibility index (Phi) is 2.13. The van der Waals surface area contributed by atoms with Gasteiger partial charge in [0.1, 0.15) is 5.82 Å². The molecule has 2 aliphatic heterocycles. The third-order valence-electron chi connectivity index (χ3n) is 3.52. The Morgan fingerprint density at radius 3 is 3.20 bits per heavy atom. The molecule has 2 N–H and O–H groups in total. The van der Waals surface area contributed by atoms with Gasteiger partial charge in [0.2, 0.25) is 0 Å². The van der Waals surface area contributed by atoms with Gasteiger partial charge in [-0.1, -0.05) is 12.1 Å². The van der Waals surface area contributed by atoms with Gasteiger partial charge in [-0.05, 0) is 36.9 Å². The third kappa shape index (κ3) is 1.51. The lowest BCUT2D eigenvalue weighted by atomic mass is 9.83. The highest BCUT2D eigenvalue weighted by Crippen LogP contribution is 2.32. The normalized spacial score (nSPS) is 28.9. The summed E-state index contributed by atoms with van der Waals surface area (Å²) in [4.78, 5) is 0. The van der Waals surface area contributed by atoms with Gasteiger partial charge in [0, 0.05) is 12.6 Å². The van der Waals surface area contributed by atoms with Crippen LogP contribution in [0, 0.1) is 11.7 Å². The minimum atomic E-state index is -0.107. The van der Waals surface area contributed by atoms with Crippen molar-refractivity contribution in [1.29, 1.82) is 0 Å². The first kappa shape index (κ1) is 9.16. The molecule has 1 aromatic rings. The molecule has 3 heteroatoms. The number of rotatable bonds is 0. The number of halogens is 1. The fourth-order valence-corrected chi connectivity index (χ4v) is 2.70. The number of benzene rings is 1. The lowest BCUT2D eigenvalue weighted by Gasteiger charge is -2.38. The molecule has 0 aliphatic carbocycles. The molecule has 2 nitrogen and oxygen atoms in total. The van der Waals surface area contributed by atoms with Gasteiger partial charge >= 0.3 is 0 Å². The number of hydrogen-bond acceptors (Lipinski definition) is 2. The molecular formula is C12H15FN2. The maximum absolute atomic E-state index is 13.6. The maximum atomic E-state index is 13.6. The van der Waals surface area contributed by atoms with Crippen molar-refractivity contribution < 1.29 is 4.39 Å². The molecule has 1 fully saturated rings. The van der Waals surface area contributed by atoms with Gasteiger partial charge in [0.25, 0.3) is 0 Å². The molecule has 2 heterocycles. The zero-order valence-electron chi connectivity index (χ0n) is 8.59. The van der Waals surface area contributed by atoms with E-state index in [2.05, 4.69) is 10.6 Å². The van der Waals surface area contributed by atoms with Crippen LogP contribution in [0.5, 0.6) is 0 Å². The minimum absolute atomic E-state index is 0.107. The molecule has 0 aromatic heterocycles. The Bertz CT molecular complexity index is 378. The fraction of sp³-hybridized carbons (Fsp3) is 0.500. The summed E-state index contributed by atoms with van der Waals surface area (Å²) in [6, 6.07) is 5.81. The summed E-state index contributed by atoms with van der Waals surface area (Å²) in [5.41, 5.74) is 1.86. The zero-order chi connectivity index (χ0) is 10.3. The number of hydrogen-bond donors (Lipinski definition) is 2. The summed E-state index contributed by atoms with van der Waals surface area (Å²) < 4.78 is 13.6. The van der Waals surface area contributed by atoms with E-state index in [1.165, 1.54) is 6.07 Å². The van der Waals surface area contributed by atoms with Crippen LogP contribution in [0.1, 0.15) is 12.0 Å². The van der Waals surface area contributed by atoms with Crippen molar-refractivity contribution in [2.75, 3.05) is 18.4 Å². The molecule has 2 atom stereocenters. The topological polar surface area (TPSA) is 24.1 Å². The van der Waals surface area contributed by atoms with E-state index in [-0.39, 0.29) is 5.82 Å². The molecule has 0 saturated carbocycles. The Morgan fingerprint density at radius 2 is 2.27 bits per heavy atom. The lowest BCUT2D eigenvalue weighted by Crippen LogP contribution is -2.47. The van der Waals surface area contributed by atoms with Gasteiger partial charge in [-0.25, -0.2) is 4.39 Å². The number of anilines is 1. The van der Waals surface area contributed by atoms with Crippen molar-refractivity contribution in [3.8, 4) is 0 Å². The monoisotopic (exact) mass is 206 g/mol. The predicted octanol–water partition coefficient (Wildman–Crippen LogP) is 1.77. The minimum Gasteiger partial charge on any atom is -0.379 e. The zero-order valence-corrected chi connectivity index (χ0v) is 8.59. The molecule has 1 aromatic carbocycles. The van der Waals surface area contributed by atoms with Crippen molar-refractivity contribution in [2.24, 2.45) is 5.92 Å².